The summed E-state index contributed by atoms with van der Waals surface area (Å²) in [5.41, 5.74) is -0.181. The number of fused-ring (bicyclic) bond motifs is 2. The normalized spacial score (nSPS) is 31.6. The molecule has 2 atom stereocenters. The molecule has 0 spiro atoms. The van der Waals surface area contributed by atoms with Crippen LogP contribution < -0.4 is 5.32 Å². The van der Waals surface area contributed by atoms with E-state index in [9.17, 15) is 0 Å². The quantitative estimate of drug-likeness (QED) is 0.814. The van der Waals surface area contributed by atoms with Crippen LogP contribution in [0.25, 0.3) is 0 Å². The number of rotatable bonds is 5. The minimum Gasteiger partial charge on any atom is -0.311 e. The Hall–Kier alpha value is -0.590. The fourth-order valence-electron chi connectivity index (χ4n) is 3.40. The van der Waals surface area contributed by atoms with Crippen LogP contribution in [-0.2, 0) is 0 Å². The smallest absolute Gasteiger partial charge is 0.0684 e. The fraction of sp³-hybridized carbons (Fsp3) is 0.933. The van der Waals surface area contributed by atoms with Crippen LogP contribution >= 0.6 is 0 Å². The maximum Gasteiger partial charge on any atom is 0.0684 e. The summed E-state index contributed by atoms with van der Waals surface area (Å²) < 4.78 is 0. The van der Waals surface area contributed by atoms with Crippen LogP contribution in [0.2, 0.25) is 0 Å². The zero-order valence-electron chi connectivity index (χ0n) is 12.1. The molecular formula is C15H27N3. The molecule has 3 heteroatoms. The molecule has 2 unspecified atom stereocenters. The number of nitrogens with zero attached hydrogens (tertiary/aromatic N) is 2. The summed E-state index contributed by atoms with van der Waals surface area (Å²) in [6, 6.07) is 4.67. The molecule has 3 nitrogen and oxygen atoms in total. The van der Waals surface area contributed by atoms with Gasteiger partial charge in [-0.2, -0.15) is 5.26 Å². The average molecular weight is 249 g/mol. The van der Waals surface area contributed by atoms with E-state index in [4.69, 9.17) is 5.26 Å². The summed E-state index contributed by atoms with van der Waals surface area (Å²) in [5, 5.41) is 12.8. The lowest BCUT2D eigenvalue weighted by atomic mass is 9.90. The first-order chi connectivity index (χ1) is 8.54. The standard InChI is InChI=1S/C15H27N3/c1-4-18(8-7-15(2,3)11-16)14-9-12-5-6-13(10-14)17-12/h12-14,17H,4-10H2,1-3H3. The van der Waals surface area contributed by atoms with Gasteiger partial charge in [0.25, 0.3) is 0 Å². The molecule has 0 saturated carbocycles. The predicted octanol–water partition coefficient (Wildman–Crippen LogP) is 2.53. The first kappa shape index (κ1) is 13.8. The highest BCUT2D eigenvalue weighted by atomic mass is 15.2. The van der Waals surface area contributed by atoms with Gasteiger partial charge in [0.1, 0.15) is 0 Å². The van der Waals surface area contributed by atoms with E-state index in [1.54, 1.807) is 0 Å². The van der Waals surface area contributed by atoms with Gasteiger partial charge in [-0.15, -0.1) is 0 Å². The molecule has 18 heavy (non-hydrogen) atoms. The van der Waals surface area contributed by atoms with Crippen LogP contribution in [0.5, 0.6) is 0 Å². The second-order valence-electron chi connectivity index (χ2n) is 6.64. The van der Waals surface area contributed by atoms with Crippen LogP contribution in [0.1, 0.15) is 52.9 Å². The maximum absolute atomic E-state index is 9.11. The van der Waals surface area contributed by atoms with E-state index in [2.05, 4.69) is 23.2 Å². The Morgan fingerprint density at radius 3 is 2.39 bits per heavy atom. The van der Waals surface area contributed by atoms with Gasteiger partial charge >= 0.3 is 0 Å². The molecule has 2 heterocycles. The van der Waals surface area contributed by atoms with Crippen molar-refractivity contribution in [1.82, 2.24) is 10.2 Å². The van der Waals surface area contributed by atoms with E-state index < -0.39 is 0 Å². The molecule has 2 aliphatic heterocycles. The summed E-state index contributed by atoms with van der Waals surface area (Å²) >= 11 is 0. The highest BCUT2D eigenvalue weighted by Gasteiger charge is 2.35. The van der Waals surface area contributed by atoms with Gasteiger partial charge in [-0.05, 0) is 59.0 Å². The Labute approximate surface area is 112 Å². The highest BCUT2D eigenvalue weighted by molar-refractivity contribution is 4.97. The summed E-state index contributed by atoms with van der Waals surface area (Å²) in [6.07, 6.45) is 6.32. The number of nitriles is 1. The van der Waals surface area contributed by atoms with Gasteiger partial charge in [0, 0.05) is 18.1 Å². The maximum atomic E-state index is 9.11. The Kier molecular flexibility index (Phi) is 4.29. The van der Waals surface area contributed by atoms with Crippen molar-refractivity contribution in [2.24, 2.45) is 5.41 Å². The molecule has 0 aliphatic carbocycles. The van der Waals surface area contributed by atoms with Gasteiger partial charge in [0.2, 0.25) is 0 Å². The molecular weight excluding hydrogens is 222 g/mol. The average Bonchev–Trinajstić information content (AvgIpc) is 2.69. The molecule has 2 aliphatic rings. The predicted molar refractivity (Wildman–Crippen MR) is 74.2 cm³/mol. The fourth-order valence-corrected chi connectivity index (χ4v) is 3.40. The number of hydrogen-bond donors (Lipinski definition) is 1. The van der Waals surface area contributed by atoms with Crippen LogP contribution in [0.15, 0.2) is 0 Å². The highest BCUT2D eigenvalue weighted by Crippen LogP contribution is 2.30. The van der Waals surface area contributed by atoms with E-state index >= 15 is 0 Å². The van der Waals surface area contributed by atoms with Crippen molar-refractivity contribution in [3.63, 3.8) is 0 Å². The Morgan fingerprint density at radius 2 is 1.89 bits per heavy atom. The van der Waals surface area contributed by atoms with Crippen molar-refractivity contribution in [2.45, 2.75) is 71.0 Å². The molecule has 102 valence electrons. The number of nitrogens with one attached hydrogen (secondary N) is 1. The van der Waals surface area contributed by atoms with Gasteiger partial charge in [0.05, 0.1) is 11.5 Å². The SMILES string of the molecule is CCN(CCC(C)(C)C#N)C1CC2CCC(C1)N2. The molecule has 0 radical (unpaired) electrons. The summed E-state index contributed by atoms with van der Waals surface area (Å²) in [7, 11) is 0. The molecule has 0 aromatic rings. The van der Waals surface area contributed by atoms with Gasteiger partial charge in [-0.1, -0.05) is 6.92 Å². The number of piperidine rings is 1. The molecule has 0 aromatic carbocycles. The van der Waals surface area contributed by atoms with E-state index in [1.165, 1.54) is 25.7 Å². The van der Waals surface area contributed by atoms with Crippen molar-refractivity contribution in [1.29, 1.82) is 5.26 Å². The van der Waals surface area contributed by atoms with Gasteiger partial charge in [0.15, 0.2) is 0 Å². The third kappa shape index (κ3) is 3.24. The van der Waals surface area contributed by atoms with Crippen molar-refractivity contribution < 1.29 is 0 Å². The minimum absolute atomic E-state index is 0.181. The second kappa shape index (κ2) is 5.59. The Bertz CT molecular complexity index is 306. The number of hydrogen-bond acceptors (Lipinski definition) is 3. The second-order valence-corrected chi connectivity index (χ2v) is 6.64. The van der Waals surface area contributed by atoms with E-state index in [0.29, 0.717) is 0 Å². The molecule has 2 fully saturated rings. The van der Waals surface area contributed by atoms with E-state index in [1.807, 2.05) is 13.8 Å². The van der Waals surface area contributed by atoms with Crippen LogP contribution in [0, 0.1) is 16.7 Å². The minimum atomic E-state index is -0.181. The zero-order chi connectivity index (χ0) is 13.2. The van der Waals surface area contributed by atoms with E-state index in [-0.39, 0.29) is 5.41 Å². The van der Waals surface area contributed by atoms with Crippen molar-refractivity contribution in [3.8, 4) is 6.07 Å². The first-order valence-corrected chi connectivity index (χ1v) is 7.45. The summed E-state index contributed by atoms with van der Waals surface area (Å²) in [6.45, 7) is 8.54. The molecule has 0 amide bonds. The van der Waals surface area contributed by atoms with Gasteiger partial charge in [-0.3, -0.25) is 0 Å². The summed E-state index contributed by atoms with van der Waals surface area (Å²) in [4.78, 5) is 2.60. The topological polar surface area (TPSA) is 39.1 Å². The van der Waals surface area contributed by atoms with Crippen LogP contribution in [0.4, 0.5) is 0 Å². The lowest BCUT2D eigenvalue weighted by Crippen LogP contribution is -2.48. The third-order valence-corrected chi connectivity index (χ3v) is 4.70. The molecule has 2 bridgehead atoms. The van der Waals surface area contributed by atoms with Crippen molar-refractivity contribution in [3.05, 3.63) is 0 Å². The summed E-state index contributed by atoms with van der Waals surface area (Å²) in [5.74, 6) is 0. The Balaban J connectivity index is 1.87. The monoisotopic (exact) mass is 249 g/mol. The molecule has 0 aromatic heterocycles. The largest absolute Gasteiger partial charge is 0.311 e. The zero-order valence-corrected chi connectivity index (χ0v) is 12.1. The third-order valence-electron chi connectivity index (χ3n) is 4.70. The lowest BCUT2D eigenvalue weighted by molar-refractivity contribution is 0.136. The van der Waals surface area contributed by atoms with Crippen molar-refractivity contribution in [2.75, 3.05) is 13.1 Å². The molecule has 1 N–H and O–H groups in total. The Morgan fingerprint density at radius 1 is 1.28 bits per heavy atom. The molecule has 2 saturated heterocycles. The van der Waals surface area contributed by atoms with Crippen LogP contribution in [-0.4, -0.2) is 36.1 Å². The van der Waals surface area contributed by atoms with E-state index in [0.717, 1.165) is 37.6 Å². The van der Waals surface area contributed by atoms with Gasteiger partial charge in [-0.25, -0.2) is 0 Å². The first-order valence-electron chi connectivity index (χ1n) is 7.45. The molecule has 2 rings (SSSR count). The van der Waals surface area contributed by atoms with Gasteiger partial charge < -0.3 is 10.2 Å². The van der Waals surface area contributed by atoms with Crippen LogP contribution in [0.3, 0.4) is 0 Å². The lowest BCUT2D eigenvalue weighted by Gasteiger charge is -2.38. The van der Waals surface area contributed by atoms with Crippen molar-refractivity contribution >= 4 is 0 Å².